The monoisotopic (exact) mass is 248 g/mol. The zero-order chi connectivity index (χ0) is 11.9. The van der Waals surface area contributed by atoms with E-state index in [0.29, 0.717) is 0 Å². The molecule has 1 aliphatic rings. The van der Waals surface area contributed by atoms with Gasteiger partial charge in [0.15, 0.2) is 0 Å². The van der Waals surface area contributed by atoms with Crippen molar-refractivity contribution in [1.82, 2.24) is 4.90 Å². The predicted molar refractivity (Wildman–Crippen MR) is 69.7 cm³/mol. The molecule has 1 rings (SSSR count). The Morgan fingerprint density at radius 1 is 1.38 bits per heavy atom. The molecule has 1 atom stereocenters. The van der Waals surface area contributed by atoms with Crippen molar-refractivity contribution in [2.24, 2.45) is 16.6 Å². The summed E-state index contributed by atoms with van der Waals surface area (Å²) in [7, 11) is 0. The highest BCUT2D eigenvalue weighted by Crippen LogP contribution is 2.30. The number of halogens is 1. The molecule has 4 heteroatoms. The Morgan fingerprint density at radius 3 is 2.25 bits per heavy atom. The maximum absolute atomic E-state index is 12.1. The second-order valence-electron chi connectivity index (χ2n) is 6.36. The van der Waals surface area contributed by atoms with Gasteiger partial charge in [0.1, 0.15) is 0 Å². The first kappa shape index (κ1) is 15.7. The molecule has 0 bridgehead atoms. The molecule has 0 aromatic heterocycles. The minimum Gasteiger partial charge on any atom is -0.342 e. The Bertz CT molecular complexity index is 258. The van der Waals surface area contributed by atoms with Gasteiger partial charge in [0, 0.05) is 24.5 Å². The number of carbonyl (C=O) groups excluding carboxylic acids is 1. The lowest BCUT2D eigenvalue weighted by atomic mass is 9.79. The van der Waals surface area contributed by atoms with Crippen LogP contribution in [0.5, 0.6) is 0 Å². The zero-order valence-corrected chi connectivity index (χ0v) is 11.9. The number of nitrogens with zero attached hydrogens (tertiary/aromatic N) is 1. The molecule has 96 valence electrons. The van der Waals surface area contributed by atoms with Gasteiger partial charge in [-0.2, -0.15) is 0 Å². The van der Waals surface area contributed by atoms with Crippen LogP contribution in [0.25, 0.3) is 0 Å². The van der Waals surface area contributed by atoms with Gasteiger partial charge in [-0.1, -0.05) is 34.6 Å². The molecule has 3 nitrogen and oxygen atoms in total. The van der Waals surface area contributed by atoms with Crippen LogP contribution in [0.2, 0.25) is 0 Å². The average Bonchev–Trinajstić information content (AvgIpc) is 2.07. The fourth-order valence-electron chi connectivity index (χ4n) is 2.02. The van der Waals surface area contributed by atoms with Crippen LogP contribution in [0.1, 0.15) is 41.0 Å². The highest BCUT2D eigenvalue weighted by Gasteiger charge is 2.38. The van der Waals surface area contributed by atoms with Crippen molar-refractivity contribution in [3.05, 3.63) is 0 Å². The van der Waals surface area contributed by atoms with Gasteiger partial charge in [-0.15, -0.1) is 12.4 Å². The fraction of sp³-hybridized carbons (Fsp3) is 0.917. The summed E-state index contributed by atoms with van der Waals surface area (Å²) in [4.78, 5) is 14.1. The number of nitrogens with two attached hydrogens (primary N) is 1. The van der Waals surface area contributed by atoms with Gasteiger partial charge in [-0.05, 0) is 11.8 Å². The molecule has 0 spiro atoms. The highest BCUT2D eigenvalue weighted by molar-refractivity contribution is 5.85. The van der Waals surface area contributed by atoms with E-state index in [9.17, 15) is 4.79 Å². The Hall–Kier alpha value is -0.280. The van der Waals surface area contributed by atoms with Crippen molar-refractivity contribution < 1.29 is 4.79 Å². The number of hydrogen-bond acceptors (Lipinski definition) is 2. The van der Waals surface area contributed by atoms with E-state index >= 15 is 0 Å². The van der Waals surface area contributed by atoms with Crippen molar-refractivity contribution in [2.45, 2.75) is 47.1 Å². The number of amides is 1. The van der Waals surface area contributed by atoms with Crippen LogP contribution in [0.4, 0.5) is 0 Å². The van der Waals surface area contributed by atoms with Gasteiger partial charge in [0.05, 0.1) is 0 Å². The molecule has 0 radical (unpaired) electrons. The number of rotatable bonds is 0. The molecular weight excluding hydrogens is 224 g/mol. The van der Waals surface area contributed by atoms with E-state index in [1.807, 2.05) is 25.7 Å². The maximum atomic E-state index is 12.1. The number of hydrogen-bond donors (Lipinski definition) is 1. The molecule has 0 aromatic carbocycles. The Balaban J connectivity index is 0.00000225. The molecular formula is C12H25ClN2O. The van der Waals surface area contributed by atoms with Crippen LogP contribution in [0.15, 0.2) is 0 Å². The summed E-state index contributed by atoms with van der Waals surface area (Å²) in [5.41, 5.74) is 5.81. The Morgan fingerprint density at radius 2 is 1.88 bits per heavy atom. The second kappa shape index (κ2) is 4.92. The first-order chi connectivity index (χ1) is 6.64. The largest absolute Gasteiger partial charge is 0.342 e. The van der Waals surface area contributed by atoms with E-state index in [1.165, 1.54) is 0 Å². The lowest BCUT2D eigenvalue weighted by molar-refractivity contribution is -0.143. The summed E-state index contributed by atoms with van der Waals surface area (Å²) in [6, 6.07) is 0.210. The second-order valence-corrected chi connectivity index (χ2v) is 6.36. The molecule has 1 amide bonds. The SMILES string of the molecule is CC(C)(C)C(=O)N1CCC(N)C(C)(C)C1.Cl. The van der Waals surface area contributed by atoms with Crippen LogP contribution in [-0.4, -0.2) is 29.9 Å². The predicted octanol–water partition coefficient (Wildman–Crippen LogP) is 2.04. The third-order valence-corrected chi connectivity index (χ3v) is 3.24. The van der Waals surface area contributed by atoms with Crippen molar-refractivity contribution in [2.75, 3.05) is 13.1 Å². The van der Waals surface area contributed by atoms with E-state index in [2.05, 4.69) is 13.8 Å². The van der Waals surface area contributed by atoms with Crippen molar-refractivity contribution in [3.8, 4) is 0 Å². The van der Waals surface area contributed by atoms with Crippen molar-refractivity contribution >= 4 is 18.3 Å². The molecule has 1 saturated heterocycles. The summed E-state index contributed by atoms with van der Waals surface area (Å²) in [6.07, 6.45) is 0.912. The lowest BCUT2D eigenvalue weighted by Gasteiger charge is -2.44. The molecule has 16 heavy (non-hydrogen) atoms. The standard InChI is InChI=1S/C12H24N2O.ClH/c1-11(2,3)10(15)14-7-6-9(13)12(4,5)8-14;/h9H,6-8,13H2,1-5H3;1H. The van der Waals surface area contributed by atoms with Crippen molar-refractivity contribution in [3.63, 3.8) is 0 Å². The van der Waals surface area contributed by atoms with Gasteiger partial charge in [0.25, 0.3) is 0 Å². The molecule has 1 aliphatic heterocycles. The van der Waals surface area contributed by atoms with E-state index in [1.54, 1.807) is 0 Å². The average molecular weight is 249 g/mol. The molecule has 2 N–H and O–H groups in total. The summed E-state index contributed by atoms with van der Waals surface area (Å²) in [6.45, 7) is 11.8. The van der Waals surface area contributed by atoms with Crippen LogP contribution >= 0.6 is 12.4 Å². The van der Waals surface area contributed by atoms with Gasteiger partial charge in [0.2, 0.25) is 5.91 Å². The maximum Gasteiger partial charge on any atom is 0.227 e. The fourth-order valence-corrected chi connectivity index (χ4v) is 2.02. The Labute approximate surface area is 105 Å². The van der Waals surface area contributed by atoms with Gasteiger partial charge in [-0.3, -0.25) is 4.79 Å². The van der Waals surface area contributed by atoms with Crippen LogP contribution in [0.3, 0.4) is 0 Å². The quantitative estimate of drug-likeness (QED) is 0.713. The van der Waals surface area contributed by atoms with Gasteiger partial charge < -0.3 is 10.6 Å². The first-order valence-electron chi connectivity index (χ1n) is 5.69. The summed E-state index contributed by atoms with van der Waals surface area (Å²) in [5, 5.41) is 0. The van der Waals surface area contributed by atoms with Crippen LogP contribution in [-0.2, 0) is 4.79 Å². The van der Waals surface area contributed by atoms with E-state index < -0.39 is 0 Å². The molecule has 0 aliphatic carbocycles. The molecule has 1 unspecified atom stereocenters. The number of carbonyl (C=O) groups is 1. The van der Waals surface area contributed by atoms with Gasteiger partial charge >= 0.3 is 0 Å². The topological polar surface area (TPSA) is 46.3 Å². The smallest absolute Gasteiger partial charge is 0.227 e. The third kappa shape index (κ3) is 3.36. The van der Waals surface area contributed by atoms with Gasteiger partial charge in [-0.25, -0.2) is 0 Å². The molecule has 1 heterocycles. The normalized spacial score (nSPS) is 24.9. The zero-order valence-electron chi connectivity index (χ0n) is 11.0. The van der Waals surface area contributed by atoms with Crippen LogP contribution in [0, 0.1) is 10.8 Å². The Kier molecular flexibility index (Phi) is 4.84. The number of piperidine rings is 1. The van der Waals surface area contributed by atoms with Crippen molar-refractivity contribution in [1.29, 1.82) is 0 Å². The molecule has 0 aromatic rings. The minimum atomic E-state index is -0.280. The lowest BCUT2D eigenvalue weighted by Crippen LogP contribution is -2.55. The highest BCUT2D eigenvalue weighted by atomic mass is 35.5. The molecule has 1 fully saturated rings. The minimum absolute atomic E-state index is 0. The summed E-state index contributed by atoms with van der Waals surface area (Å²) < 4.78 is 0. The van der Waals surface area contributed by atoms with Crippen LogP contribution < -0.4 is 5.73 Å². The molecule has 0 saturated carbocycles. The first-order valence-corrected chi connectivity index (χ1v) is 5.69. The number of likely N-dealkylation sites (tertiary alicyclic amines) is 1. The summed E-state index contributed by atoms with van der Waals surface area (Å²) in [5.74, 6) is 0.238. The van der Waals surface area contributed by atoms with E-state index in [-0.39, 0.29) is 35.2 Å². The van der Waals surface area contributed by atoms with E-state index in [0.717, 1.165) is 19.5 Å². The summed E-state index contributed by atoms with van der Waals surface area (Å²) >= 11 is 0. The third-order valence-electron chi connectivity index (χ3n) is 3.24. The van der Waals surface area contributed by atoms with E-state index in [4.69, 9.17) is 5.73 Å².